The normalized spacial score (nSPS) is 13.3. The molecule has 98 valence electrons. The molecule has 1 aliphatic rings. The maximum Gasteiger partial charge on any atom is 0.228 e. The molecule has 0 spiro atoms. The van der Waals surface area contributed by atoms with Gasteiger partial charge in [0.05, 0.1) is 18.2 Å². The molecule has 3 aromatic rings. The molecule has 0 saturated carbocycles. The third-order valence-electron chi connectivity index (χ3n) is 3.82. The van der Waals surface area contributed by atoms with Crippen LogP contribution in [-0.2, 0) is 6.67 Å². The van der Waals surface area contributed by atoms with Crippen molar-refractivity contribution in [1.29, 1.82) is 0 Å². The van der Waals surface area contributed by atoms with E-state index in [4.69, 9.17) is 4.74 Å². The van der Waals surface area contributed by atoms with Gasteiger partial charge in [-0.15, -0.1) is 0 Å². The van der Waals surface area contributed by atoms with Crippen LogP contribution in [0.15, 0.2) is 54.7 Å². The van der Waals surface area contributed by atoms with Gasteiger partial charge in [0.15, 0.2) is 6.21 Å². The Labute approximate surface area is 117 Å². The Morgan fingerprint density at radius 1 is 1.05 bits per heavy atom. The van der Waals surface area contributed by atoms with Crippen LogP contribution in [0.5, 0.6) is 5.75 Å². The van der Waals surface area contributed by atoms with Gasteiger partial charge in [0.25, 0.3) is 0 Å². The third kappa shape index (κ3) is 1.63. The topological polar surface area (TPSA) is 17.2 Å². The van der Waals surface area contributed by atoms with Gasteiger partial charge in [0.2, 0.25) is 12.4 Å². The number of benzene rings is 2. The zero-order valence-electron chi connectivity index (χ0n) is 11.3. The van der Waals surface area contributed by atoms with Crippen molar-refractivity contribution in [3.05, 3.63) is 60.3 Å². The minimum absolute atomic E-state index is 0.840. The Morgan fingerprint density at radius 3 is 2.70 bits per heavy atom. The minimum Gasteiger partial charge on any atom is -0.497 e. The lowest BCUT2D eigenvalue weighted by Gasteiger charge is -2.12. The van der Waals surface area contributed by atoms with Crippen LogP contribution in [0.3, 0.4) is 0 Å². The highest BCUT2D eigenvalue weighted by Crippen LogP contribution is 2.25. The Bertz CT molecular complexity index is 813. The maximum absolute atomic E-state index is 5.21. The van der Waals surface area contributed by atoms with Crippen molar-refractivity contribution in [2.45, 2.75) is 6.67 Å². The van der Waals surface area contributed by atoms with Gasteiger partial charge in [-0.25, -0.2) is 0 Å². The molecule has 0 N–H and O–H groups in total. The molecule has 1 aromatic heterocycles. The molecular weight excluding hydrogens is 248 g/mol. The zero-order valence-corrected chi connectivity index (χ0v) is 11.3. The summed E-state index contributed by atoms with van der Waals surface area (Å²) in [5, 5.41) is 1.30. The van der Waals surface area contributed by atoms with E-state index in [-0.39, 0.29) is 0 Å². The molecule has 20 heavy (non-hydrogen) atoms. The van der Waals surface area contributed by atoms with E-state index in [1.807, 2.05) is 12.1 Å². The molecule has 3 nitrogen and oxygen atoms in total. The first-order valence-corrected chi connectivity index (χ1v) is 6.68. The monoisotopic (exact) mass is 263 g/mol. The molecule has 3 heteroatoms. The molecule has 0 saturated heterocycles. The maximum atomic E-state index is 5.21. The number of nitrogens with zero attached hydrogens (tertiary/aromatic N) is 2. The molecule has 4 rings (SSSR count). The molecule has 0 radical (unpaired) electrons. The Hall–Kier alpha value is -2.55. The van der Waals surface area contributed by atoms with Gasteiger partial charge in [-0.2, -0.15) is 4.58 Å². The fourth-order valence-corrected chi connectivity index (χ4v) is 2.82. The van der Waals surface area contributed by atoms with Gasteiger partial charge in [0, 0.05) is 23.7 Å². The largest absolute Gasteiger partial charge is 0.497 e. The van der Waals surface area contributed by atoms with Crippen molar-refractivity contribution in [2.24, 2.45) is 0 Å². The predicted octanol–water partition coefficient (Wildman–Crippen LogP) is 3.38. The van der Waals surface area contributed by atoms with E-state index < -0.39 is 0 Å². The molecule has 0 fully saturated rings. The van der Waals surface area contributed by atoms with E-state index in [2.05, 4.69) is 58.0 Å². The quantitative estimate of drug-likeness (QED) is 0.648. The predicted molar refractivity (Wildman–Crippen MR) is 80.0 cm³/mol. The highest BCUT2D eigenvalue weighted by atomic mass is 16.5. The molecule has 0 atom stereocenters. The van der Waals surface area contributed by atoms with Crippen LogP contribution in [0.4, 0.5) is 5.69 Å². The number of methoxy groups -OCH3 is 1. The smallest absolute Gasteiger partial charge is 0.228 e. The van der Waals surface area contributed by atoms with Crippen LogP contribution in [0.2, 0.25) is 0 Å². The van der Waals surface area contributed by atoms with Gasteiger partial charge in [-0.3, -0.25) is 4.57 Å². The lowest BCUT2D eigenvalue weighted by Crippen LogP contribution is -2.18. The number of para-hydroxylation sites is 1. The summed E-state index contributed by atoms with van der Waals surface area (Å²) in [6, 6.07) is 16.8. The van der Waals surface area contributed by atoms with Crippen molar-refractivity contribution in [3.63, 3.8) is 0 Å². The van der Waals surface area contributed by atoms with Crippen LogP contribution < -0.4 is 4.74 Å². The zero-order chi connectivity index (χ0) is 13.5. The van der Waals surface area contributed by atoms with E-state index in [0.29, 0.717) is 0 Å². The summed E-state index contributed by atoms with van der Waals surface area (Å²) >= 11 is 0. The lowest BCUT2D eigenvalue weighted by atomic mass is 10.1. The molecule has 2 aromatic carbocycles. The van der Waals surface area contributed by atoms with E-state index in [0.717, 1.165) is 12.4 Å². The van der Waals surface area contributed by atoms with Crippen molar-refractivity contribution in [2.75, 3.05) is 7.11 Å². The van der Waals surface area contributed by atoms with Crippen molar-refractivity contribution >= 4 is 22.8 Å². The van der Waals surface area contributed by atoms with Gasteiger partial charge in [-0.05, 0) is 24.3 Å². The molecule has 2 heterocycles. The second kappa shape index (κ2) is 4.23. The number of rotatable bonds is 2. The summed E-state index contributed by atoms with van der Waals surface area (Å²) in [7, 11) is 1.69. The number of hydrogen-bond donors (Lipinski definition) is 0. The van der Waals surface area contributed by atoms with Crippen molar-refractivity contribution in [3.8, 4) is 5.75 Å². The number of ether oxygens (including phenoxy) is 1. The summed E-state index contributed by atoms with van der Waals surface area (Å²) in [6.45, 7) is 0.840. The molecule has 0 bridgehead atoms. The average molecular weight is 263 g/mol. The summed E-state index contributed by atoms with van der Waals surface area (Å²) in [6.07, 6.45) is 4.36. The van der Waals surface area contributed by atoms with Crippen molar-refractivity contribution < 1.29 is 9.31 Å². The first-order chi connectivity index (χ1) is 9.85. The van der Waals surface area contributed by atoms with Crippen LogP contribution in [0, 0.1) is 0 Å². The second-order valence-electron chi connectivity index (χ2n) is 5.01. The van der Waals surface area contributed by atoms with Crippen LogP contribution in [0.1, 0.15) is 5.56 Å². The van der Waals surface area contributed by atoms with E-state index in [1.54, 1.807) is 7.11 Å². The van der Waals surface area contributed by atoms with Gasteiger partial charge >= 0.3 is 0 Å². The lowest BCUT2D eigenvalue weighted by molar-refractivity contribution is -0.471. The van der Waals surface area contributed by atoms with Crippen LogP contribution >= 0.6 is 0 Å². The Kier molecular flexibility index (Phi) is 2.39. The summed E-state index contributed by atoms with van der Waals surface area (Å²) in [5.74, 6) is 0.884. The summed E-state index contributed by atoms with van der Waals surface area (Å²) < 4.78 is 9.75. The fraction of sp³-hybridized carbons (Fsp3) is 0.118. The van der Waals surface area contributed by atoms with Gasteiger partial charge in [0.1, 0.15) is 5.75 Å². The fourth-order valence-electron chi connectivity index (χ4n) is 2.82. The molecule has 0 unspecified atom stereocenters. The summed E-state index contributed by atoms with van der Waals surface area (Å²) in [5.41, 5.74) is 3.74. The number of aromatic nitrogens is 1. The third-order valence-corrected chi connectivity index (χ3v) is 3.82. The van der Waals surface area contributed by atoms with E-state index >= 15 is 0 Å². The SMILES string of the molecule is COc1ccc([N+]2=Cc3cccc4ccn(c34)C2)cc1. The van der Waals surface area contributed by atoms with Gasteiger partial charge < -0.3 is 4.74 Å². The molecule has 1 aliphatic heterocycles. The van der Waals surface area contributed by atoms with E-state index in [1.165, 1.54) is 22.2 Å². The van der Waals surface area contributed by atoms with Crippen molar-refractivity contribution in [1.82, 2.24) is 4.57 Å². The average Bonchev–Trinajstić information content (AvgIpc) is 2.92. The van der Waals surface area contributed by atoms with E-state index in [9.17, 15) is 0 Å². The first kappa shape index (κ1) is 11.3. The molecule has 0 aliphatic carbocycles. The Morgan fingerprint density at radius 2 is 1.90 bits per heavy atom. The van der Waals surface area contributed by atoms with Crippen LogP contribution in [-0.4, -0.2) is 22.5 Å². The highest BCUT2D eigenvalue weighted by Gasteiger charge is 2.19. The second-order valence-corrected chi connectivity index (χ2v) is 5.01. The summed E-state index contributed by atoms with van der Waals surface area (Å²) in [4.78, 5) is 0. The van der Waals surface area contributed by atoms with Gasteiger partial charge in [-0.1, -0.05) is 12.1 Å². The molecular formula is C17H15N2O+. The van der Waals surface area contributed by atoms with Crippen LogP contribution in [0.25, 0.3) is 10.9 Å². The number of hydrogen-bond acceptors (Lipinski definition) is 1. The highest BCUT2D eigenvalue weighted by molar-refractivity contribution is 5.97. The first-order valence-electron chi connectivity index (χ1n) is 6.68. The standard InChI is InChI=1S/C17H15N2O/c1-20-16-7-5-15(6-8-16)19-11-14-4-2-3-13-9-10-18(12-19)17(13)14/h2-11H,12H2,1H3/q+1. The Balaban J connectivity index is 1.82. The molecule has 0 amide bonds. The minimum atomic E-state index is 0.840.